The van der Waals surface area contributed by atoms with Crippen molar-refractivity contribution in [3.63, 3.8) is 0 Å². The first-order valence-electron chi connectivity index (χ1n) is 5.98. The van der Waals surface area contributed by atoms with Crippen LogP contribution in [0.25, 0.3) is 0 Å². The van der Waals surface area contributed by atoms with Gasteiger partial charge in [0.1, 0.15) is 5.56 Å². The highest BCUT2D eigenvalue weighted by Gasteiger charge is 2.15. The molecule has 0 aliphatic carbocycles. The highest BCUT2D eigenvalue weighted by molar-refractivity contribution is 5.93. The number of anilines is 1. The van der Waals surface area contributed by atoms with Crippen molar-refractivity contribution in [1.29, 1.82) is 0 Å². The summed E-state index contributed by atoms with van der Waals surface area (Å²) >= 11 is 0. The molecule has 110 valence electrons. The van der Waals surface area contributed by atoms with Gasteiger partial charge in [0, 0.05) is 13.2 Å². The number of hydrogen-bond donors (Lipinski definition) is 3. The van der Waals surface area contributed by atoms with E-state index in [0.717, 1.165) is 0 Å². The molecule has 20 heavy (non-hydrogen) atoms. The van der Waals surface area contributed by atoms with Gasteiger partial charge in [-0.15, -0.1) is 0 Å². The fraction of sp³-hybridized carbons (Fsp3) is 0.385. The Morgan fingerprint density at radius 2 is 2.15 bits per heavy atom. The number of nitrogens with two attached hydrogens (primary N) is 1. The maximum Gasteiger partial charge on any atom is 0.339 e. The number of carbonyl (C=O) groups excluding carboxylic acids is 1. The maximum atomic E-state index is 11.6. The number of aromatic carboxylic acids is 1. The summed E-state index contributed by atoms with van der Waals surface area (Å²) in [4.78, 5) is 22.6. The van der Waals surface area contributed by atoms with Crippen molar-refractivity contribution in [3.8, 4) is 5.75 Å². The highest BCUT2D eigenvalue weighted by atomic mass is 16.5. The summed E-state index contributed by atoms with van der Waals surface area (Å²) in [7, 11) is 1.53. The molecular weight excluding hydrogens is 264 g/mol. The average molecular weight is 282 g/mol. The van der Waals surface area contributed by atoms with Crippen molar-refractivity contribution in [1.82, 2.24) is 5.32 Å². The van der Waals surface area contributed by atoms with Gasteiger partial charge in [0.15, 0.2) is 12.4 Å². The molecule has 0 radical (unpaired) electrons. The van der Waals surface area contributed by atoms with Gasteiger partial charge in [-0.2, -0.15) is 0 Å². The molecular formula is C13H18N2O5. The summed E-state index contributed by atoms with van der Waals surface area (Å²) in [5.74, 6) is -1.55. The van der Waals surface area contributed by atoms with E-state index < -0.39 is 5.97 Å². The monoisotopic (exact) mass is 282 g/mol. The SMILES string of the molecule is COCC(C)NC(=O)COc1c(N)cccc1C(=O)O. The number of methoxy groups -OCH3 is 1. The van der Waals surface area contributed by atoms with E-state index in [9.17, 15) is 9.59 Å². The number of nitrogens with one attached hydrogen (secondary N) is 1. The maximum absolute atomic E-state index is 11.6. The first kappa shape index (κ1) is 15.8. The lowest BCUT2D eigenvalue weighted by Gasteiger charge is -2.14. The van der Waals surface area contributed by atoms with E-state index in [1.807, 2.05) is 0 Å². The molecule has 1 aromatic carbocycles. The van der Waals surface area contributed by atoms with E-state index in [2.05, 4.69) is 5.32 Å². The van der Waals surface area contributed by atoms with E-state index in [4.69, 9.17) is 20.3 Å². The summed E-state index contributed by atoms with van der Waals surface area (Å²) in [5, 5.41) is 11.7. The molecule has 1 atom stereocenters. The molecule has 1 aromatic rings. The number of benzene rings is 1. The van der Waals surface area contributed by atoms with Gasteiger partial charge in [-0.3, -0.25) is 4.79 Å². The molecule has 0 saturated heterocycles. The molecule has 1 amide bonds. The molecule has 0 spiro atoms. The number of rotatable bonds is 7. The second kappa shape index (κ2) is 7.34. The molecule has 0 aromatic heterocycles. The molecule has 0 saturated carbocycles. The third-order valence-corrected chi connectivity index (χ3v) is 2.45. The number of carbonyl (C=O) groups is 2. The number of ether oxygens (including phenoxy) is 2. The Morgan fingerprint density at radius 1 is 1.45 bits per heavy atom. The molecule has 0 bridgehead atoms. The van der Waals surface area contributed by atoms with E-state index in [-0.39, 0.29) is 35.6 Å². The molecule has 7 heteroatoms. The summed E-state index contributed by atoms with van der Waals surface area (Å²) in [6.07, 6.45) is 0. The molecule has 7 nitrogen and oxygen atoms in total. The topological polar surface area (TPSA) is 111 Å². The van der Waals surface area contributed by atoms with E-state index >= 15 is 0 Å². The van der Waals surface area contributed by atoms with Crippen molar-refractivity contribution >= 4 is 17.6 Å². The largest absolute Gasteiger partial charge is 0.481 e. The van der Waals surface area contributed by atoms with Gasteiger partial charge in [0.25, 0.3) is 5.91 Å². The van der Waals surface area contributed by atoms with Crippen molar-refractivity contribution < 1.29 is 24.2 Å². The van der Waals surface area contributed by atoms with Crippen LogP contribution in [0.1, 0.15) is 17.3 Å². The number of nitrogen functional groups attached to an aromatic ring is 1. The predicted octanol–water partition coefficient (Wildman–Crippen LogP) is 0.497. The number of carboxylic acids is 1. The van der Waals surface area contributed by atoms with Gasteiger partial charge in [-0.05, 0) is 19.1 Å². The van der Waals surface area contributed by atoms with Crippen molar-refractivity contribution in [2.45, 2.75) is 13.0 Å². The summed E-state index contributed by atoms with van der Waals surface area (Å²) in [6, 6.07) is 4.21. The number of carboxylic acid groups (broad SMARTS) is 1. The smallest absolute Gasteiger partial charge is 0.339 e. The average Bonchev–Trinajstić information content (AvgIpc) is 2.37. The van der Waals surface area contributed by atoms with Gasteiger partial charge in [-0.1, -0.05) is 6.07 Å². The lowest BCUT2D eigenvalue weighted by atomic mass is 10.2. The fourth-order valence-electron chi connectivity index (χ4n) is 1.63. The minimum atomic E-state index is -1.17. The fourth-order valence-corrected chi connectivity index (χ4v) is 1.63. The van der Waals surface area contributed by atoms with Crippen LogP contribution in [0, 0.1) is 0 Å². The van der Waals surface area contributed by atoms with Gasteiger partial charge in [0.2, 0.25) is 0 Å². The van der Waals surface area contributed by atoms with Gasteiger partial charge in [-0.25, -0.2) is 4.79 Å². The van der Waals surface area contributed by atoms with Crippen LogP contribution in [0.3, 0.4) is 0 Å². The van der Waals surface area contributed by atoms with E-state index in [1.54, 1.807) is 6.92 Å². The molecule has 0 fully saturated rings. The quantitative estimate of drug-likeness (QED) is 0.628. The van der Waals surface area contributed by atoms with Crippen LogP contribution < -0.4 is 15.8 Å². The zero-order valence-electron chi connectivity index (χ0n) is 11.4. The molecule has 0 aliphatic heterocycles. The highest BCUT2D eigenvalue weighted by Crippen LogP contribution is 2.26. The van der Waals surface area contributed by atoms with Gasteiger partial charge in [0.05, 0.1) is 12.3 Å². The zero-order valence-corrected chi connectivity index (χ0v) is 11.4. The molecule has 0 heterocycles. The second-order valence-corrected chi connectivity index (χ2v) is 4.24. The Balaban J connectivity index is 2.66. The molecule has 1 rings (SSSR count). The number of para-hydroxylation sites is 1. The molecule has 1 unspecified atom stereocenters. The van der Waals surface area contributed by atoms with Crippen LogP contribution >= 0.6 is 0 Å². The minimum Gasteiger partial charge on any atom is -0.481 e. The van der Waals surface area contributed by atoms with Crippen molar-refractivity contribution in [3.05, 3.63) is 23.8 Å². The van der Waals surface area contributed by atoms with Crippen LogP contribution in [0.15, 0.2) is 18.2 Å². The van der Waals surface area contributed by atoms with E-state index in [0.29, 0.717) is 6.61 Å². The summed E-state index contributed by atoms with van der Waals surface area (Å²) in [5.41, 5.74) is 5.74. The Hall–Kier alpha value is -2.28. The van der Waals surface area contributed by atoms with Crippen LogP contribution in [0.5, 0.6) is 5.75 Å². The van der Waals surface area contributed by atoms with Crippen LogP contribution in [0.4, 0.5) is 5.69 Å². The Labute approximate surface area is 116 Å². The Morgan fingerprint density at radius 3 is 2.75 bits per heavy atom. The Bertz CT molecular complexity index is 490. The molecule has 0 aliphatic rings. The van der Waals surface area contributed by atoms with Crippen LogP contribution in [-0.4, -0.2) is 43.3 Å². The third kappa shape index (κ3) is 4.43. The van der Waals surface area contributed by atoms with Crippen molar-refractivity contribution in [2.24, 2.45) is 0 Å². The van der Waals surface area contributed by atoms with Gasteiger partial charge >= 0.3 is 5.97 Å². The third-order valence-electron chi connectivity index (χ3n) is 2.45. The van der Waals surface area contributed by atoms with Gasteiger partial charge < -0.3 is 25.6 Å². The Kier molecular flexibility index (Phi) is 5.79. The standard InChI is InChI=1S/C13H18N2O5/c1-8(6-19-2)15-11(16)7-20-12-9(13(17)18)4-3-5-10(12)14/h3-5,8H,6-7,14H2,1-2H3,(H,15,16)(H,17,18). The van der Waals surface area contributed by atoms with Crippen molar-refractivity contribution in [2.75, 3.05) is 26.1 Å². The van der Waals surface area contributed by atoms with Crippen LogP contribution in [-0.2, 0) is 9.53 Å². The number of amides is 1. The van der Waals surface area contributed by atoms with Crippen LogP contribution in [0.2, 0.25) is 0 Å². The first-order chi connectivity index (χ1) is 9.45. The predicted molar refractivity (Wildman–Crippen MR) is 72.8 cm³/mol. The summed E-state index contributed by atoms with van der Waals surface area (Å²) in [6.45, 7) is 1.84. The van der Waals surface area contributed by atoms with E-state index in [1.165, 1.54) is 25.3 Å². The normalized spacial score (nSPS) is 11.7. The first-order valence-corrected chi connectivity index (χ1v) is 5.98. The molecule has 4 N–H and O–H groups in total. The summed E-state index contributed by atoms with van der Waals surface area (Å²) < 4.78 is 10.1. The minimum absolute atomic E-state index is 0.00505. The second-order valence-electron chi connectivity index (χ2n) is 4.24. The lowest BCUT2D eigenvalue weighted by Crippen LogP contribution is -2.38. The zero-order chi connectivity index (χ0) is 15.1. The number of hydrogen-bond acceptors (Lipinski definition) is 5. The lowest BCUT2D eigenvalue weighted by molar-refractivity contribution is -0.124.